The molecule has 0 amide bonds. The zero-order valence-electron chi connectivity index (χ0n) is 13.7. The molecule has 0 bridgehead atoms. The normalized spacial score (nSPS) is 11.4. The first kappa shape index (κ1) is 15.5. The van der Waals surface area contributed by atoms with Crippen molar-refractivity contribution in [3.05, 3.63) is 58.4 Å². The molecule has 0 unspecified atom stereocenters. The Labute approximate surface area is 134 Å². The van der Waals surface area contributed by atoms with E-state index in [9.17, 15) is 9.18 Å². The number of halogens is 1. The van der Waals surface area contributed by atoms with Crippen LogP contribution in [0.15, 0.2) is 34.7 Å². The first-order valence-corrected chi connectivity index (χ1v) is 7.71. The first-order valence-electron chi connectivity index (χ1n) is 7.71. The zero-order valence-corrected chi connectivity index (χ0v) is 13.7. The Morgan fingerprint density at radius 1 is 1.09 bits per heavy atom. The topological polar surface area (TPSA) is 30.2 Å². The van der Waals surface area contributed by atoms with Gasteiger partial charge in [0.2, 0.25) is 0 Å². The lowest BCUT2D eigenvalue weighted by Gasteiger charge is -2.08. The van der Waals surface area contributed by atoms with Crippen molar-refractivity contribution in [1.29, 1.82) is 0 Å². The van der Waals surface area contributed by atoms with Gasteiger partial charge < -0.3 is 4.42 Å². The summed E-state index contributed by atoms with van der Waals surface area (Å²) in [5, 5.41) is 0.868. The third-order valence-electron chi connectivity index (χ3n) is 4.26. The highest BCUT2D eigenvalue weighted by molar-refractivity contribution is 6.05. The molecule has 0 fully saturated rings. The summed E-state index contributed by atoms with van der Waals surface area (Å²) in [5.74, 6) is 0.517. The standard InChI is InChI=1S/C20H19FO2/c1-11(2)15-7-5-12(3)19-18(15)16(10-22)20(23-19)14-6-8-17(21)13(4)9-14/h5-11H,1-4H3. The molecule has 1 aromatic heterocycles. The first-order chi connectivity index (χ1) is 10.9. The van der Waals surface area contributed by atoms with Gasteiger partial charge >= 0.3 is 0 Å². The third-order valence-corrected chi connectivity index (χ3v) is 4.26. The lowest BCUT2D eigenvalue weighted by atomic mass is 9.94. The van der Waals surface area contributed by atoms with Crippen LogP contribution in [0.25, 0.3) is 22.3 Å². The molecule has 1 heterocycles. The van der Waals surface area contributed by atoms with Crippen molar-refractivity contribution in [3.63, 3.8) is 0 Å². The van der Waals surface area contributed by atoms with E-state index in [0.29, 0.717) is 16.9 Å². The molecule has 0 saturated heterocycles. The molecule has 118 valence electrons. The van der Waals surface area contributed by atoms with Crippen LogP contribution >= 0.6 is 0 Å². The SMILES string of the molecule is Cc1cc(-c2oc3c(C)ccc(C(C)C)c3c2C=O)ccc1F. The fourth-order valence-electron chi connectivity index (χ4n) is 2.98. The van der Waals surface area contributed by atoms with Crippen LogP contribution in [-0.4, -0.2) is 6.29 Å². The summed E-state index contributed by atoms with van der Waals surface area (Å²) in [6.07, 6.45) is 0.838. The molecule has 2 nitrogen and oxygen atoms in total. The van der Waals surface area contributed by atoms with Gasteiger partial charge in [-0.1, -0.05) is 26.0 Å². The van der Waals surface area contributed by atoms with Crippen molar-refractivity contribution >= 4 is 17.3 Å². The van der Waals surface area contributed by atoms with Gasteiger partial charge in [-0.3, -0.25) is 4.79 Å². The van der Waals surface area contributed by atoms with Gasteiger partial charge in [-0.25, -0.2) is 4.39 Å². The Morgan fingerprint density at radius 2 is 1.83 bits per heavy atom. The monoisotopic (exact) mass is 310 g/mol. The van der Waals surface area contributed by atoms with E-state index in [1.165, 1.54) is 6.07 Å². The number of carbonyl (C=O) groups is 1. The number of hydrogen-bond acceptors (Lipinski definition) is 2. The summed E-state index contributed by atoms with van der Waals surface area (Å²) in [4.78, 5) is 11.8. The van der Waals surface area contributed by atoms with Crippen molar-refractivity contribution < 1.29 is 13.6 Å². The van der Waals surface area contributed by atoms with Gasteiger partial charge in [-0.15, -0.1) is 0 Å². The van der Waals surface area contributed by atoms with Crippen LogP contribution in [0.4, 0.5) is 4.39 Å². The van der Waals surface area contributed by atoms with Gasteiger partial charge in [0.25, 0.3) is 0 Å². The maximum atomic E-state index is 13.5. The summed E-state index contributed by atoms with van der Waals surface area (Å²) in [5.41, 5.74) is 4.59. The highest BCUT2D eigenvalue weighted by Crippen LogP contribution is 2.38. The van der Waals surface area contributed by atoms with Gasteiger partial charge in [0.1, 0.15) is 17.2 Å². The molecule has 0 aliphatic heterocycles. The maximum Gasteiger partial charge on any atom is 0.154 e. The minimum Gasteiger partial charge on any atom is -0.455 e. The van der Waals surface area contributed by atoms with Gasteiger partial charge in [0.05, 0.1) is 5.56 Å². The van der Waals surface area contributed by atoms with E-state index >= 15 is 0 Å². The summed E-state index contributed by atoms with van der Waals surface area (Å²) in [6.45, 7) is 7.85. The largest absolute Gasteiger partial charge is 0.455 e. The second kappa shape index (κ2) is 5.65. The summed E-state index contributed by atoms with van der Waals surface area (Å²) < 4.78 is 19.6. The Morgan fingerprint density at radius 3 is 2.43 bits per heavy atom. The molecule has 0 aliphatic carbocycles. The third kappa shape index (κ3) is 2.46. The van der Waals surface area contributed by atoms with Crippen LogP contribution in [0.3, 0.4) is 0 Å². The number of aldehydes is 1. The van der Waals surface area contributed by atoms with E-state index in [0.717, 1.165) is 33.9 Å². The van der Waals surface area contributed by atoms with Crippen LogP contribution in [0, 0.1) is 19.7 Å². The Kier molecular flexibility index (Phi) is 3.80. The number of benzene rings is 2. The Bertz CT molecular complexity index is 904. The lowest BCUT2D eigenvalue weighted by molar-refractivity contribution is 0.112. The van der Waals surface area contributed by atoms with Crippen LogP contribution in [0.5, 0.6) is 0 Å². The number of hydrogen-bond donors (Lipinski definition) is 0. The molecule has 0 radical (unpaired) electrons. The molecule has 2 aromatic carbocycles. The molecular formula is C20H19FO2. The number of carbonyl (C=O) groups excluding carboxylic acids is 1. The quantitative estimate of drug-likeness (QED) is 0.573. The van der Waals surface area contributed by atoms with Crippen LogP contribution in [0.1, 0.15) is 46.8 Å². The molecule has 0 aliphatic rings. The Hall–Kier alpha value is -2.42. The fourth-order valence-corrected chi connectivity index (χ4v) is 2.98. The highest BCUT2D eigenvalue weighted by atomic mass is 19.1. The Balaban J connectivity index is 2.38. The maximum absolute atomic E-state index is 13.5. The summed E-state index contributed by atoms with van der Waals surface area (Å²) in [6, 6.07) is 8.82. The van der Waals surface area contributed by atoms with E-state index < -0.39 is 0 Å². The minimum absolute atomic E-state index is 0.267. The van der Waals surface area contributed by atoms with E-state index in [1.54, 1.807) is 19.1 Å². The molecule has 3 rings (SSSR count). The average Bonchev–Trinajstić information content (AvgIpc) is 2.90. The van der Waals surface area contributed by atoms with Gasteiger partial charge in [-0.2, -0.15) is 0 Å². The van der Waals surface area contributed by atoms with Crippen molar-refractivity contribution in [3.8, 4) is 11.3 Å². The van der Waals surface area contributed by atoms with Crippen molar-refractivity contribution in [1.82, 2.24) is 0 Å². The number of aryl methyl sites for hydroxylation is 2. The second-order valence-corrected chi connectivity index (χ2v) is 6.26. The van der Waals surface area contributed by atoms with Gasteiger partial charge in [0, 0.05) is 10.9 Å². The smallest absolute Gasteiger partial charge is 0.154 e. The minimum atomic E-state index is -0.267. The van der Waals surface area contributed by atoms with Gasteiger partial charge in [0.15, 0.2) is 6.29 Å². The van der Waals surface area contributed by atoms with Crippen LogP contribution in [-0.2, 0) is 0 Å². The molecular weight excluding hydrogens is 291 g/mol. The van der Waals surface area contributed by atoms with Crippen LogP contribution < -0.4 is 0 Å². The van der Waals surface area contributed by atoms with E-state index in [-0.39, 0.29) is 11.7 Å². The van der Waals surface area contributed by atoms with E-state index in [2.05, 4.69) is 13.8 Å². The predicted octanol–water partition coefficient (Wildman–Crippen LogP) is 5.79. The second-order valence-electron chi connectivity index (χ2n) is 6.26. The average molecular weight is 310 g/mol. The number of rotatable bonds is 3. The highest BCUT2D eigenvalue weighted by Gasteiger charge is 2.21. The molecule has 0 N–H and O–H groups in total. The van der Waals surface area contributed by atoms with E-state index in [4.69, 9.17) is 4.42 Å². The predicted molar refractivity (Wildman–Crippen MR) is 90.6 cm³/mol. The molecule has 0 spiro atoms. The molecule has 3 aromatic rings. The molecule has 3 heteroatoms. The van der Waals surface area contributed by atoms with Gasteiger partial charge in [-0.05, 0) is 54.7 Å². The molecule has 23 heavy (non-hydrogen) atoms. The summed E-state index contributed by atoms with van der Waals surface area (Å²) >= 11 is 0. The molecule has 0 atom stereocenters. The van der Waals surface area contributed by atoms with Crippen molar-refractivity contribution in [2.24, 2.45) is 0 Å². The number of furan rings is 1. The van der Waals surface area contributed by atoms with E-state index in [1.807, 2.05) is 19.1 Å². The zero-order chi connectivity index (χ0) is 16.7. The lowest BCUT2D eigenvalue weighted by Crippen LogP contribution is -1.92. The van der Waals surface area contributed by atoms with Crippen molar-refractivity contribution in [2.45, 2.75) is 33.6 Å². The fraction of sp³-hybridized carbons (Fsp3) is 0.250. The molecule has 0 saturated carbocycles. The summed E-state index contributed by atoms with van der Waals surface area (Å²) in [7, 11) is 0. The number of fused-ring (bicyclic) bond motifs is 1. The van der Waals surface area contributed by atoms with Crippen molar-refractivity contribution in [2.75, 3.05) is 0 Å². The van der Waals surface area contributed by atoms with Crippen LogP contribution in [0.2, 0.25) is 0 Å².